The van der Waals surface area contributed by atoms with Crippen molar-refractivity contribution in [3.63, 3.8) is 0 Å². The molecule has 3 heterocycles. The monoisotopic (exact) mass is 481 g/mol. The van der Waals surface area contributed by atoms with Crippen molar-refractivity contribution in [1.29, 1.82) is 0 Å². The van der Waals surface area contributed by atoms with E-state index in [9.17, 15) is 0 Å². The highest BCUT2D eigenvalue weighted by atomic mass is 32.1. The van der Waals surface area contributed by atoms with Crippen molar-refractivity contribution in [2.75, 3.05) is 0 Å². The number of rotatable bonds is 3. The van der Waals surface area contributed by atoms with Crippen LogP contribution in [-0.2, 0) is 0 Å². The van der Waals surface area contributed by atoms with E-state index in [1.54, 1.807) is 11.3 Å². The summed E-state index contributed by atoms with van der Waals surface area (Å²) in [5.41, 5.74) is 9.09. The number of fused-ring (bicyclic) bond motifs is 4. The third kappa shape index (κ3) is 3.19. The van der Waals surface area contributed by atoms with Crippen LogP contribution in [0.25, 0.3) is 59.7 Å². The molecule has 0 aliphatic rings. The molecule has 0 saturated carbocycles. The van der Waals surface area contributed by atoms with E-state index in [0.29, 0.717) is 0 Å². The van der Waals surface area contributed by atoms with Crippen LogP contribution in [0.15, 0.2) is 103 Å². The van der Waals surface area contributed by atoms with E-state index in [-0.39, 0.29) is 0 Å². The summed E-state index contributed by atoms with van der Waals surface area (Å²) in [6, 6.07) is 36.2. The van der Waals surface area contributed by atoms with Crippen LogP contribution in [0, 0.1) is 13.8 Å². The highest BCUT2D eigenvalue weighted by molar-refractivity contribution is 7.26. The number of thiophene rings is 1. The molecule has 7 aromatic rings. The van der Waals surface area contributed by atoms with E-state index >= 15 is 0 Å². The molecule has 36 heavy (non-hydrogen) atoms. The number of para-hydroxylation sites is 3. The van der Waals surface area contributed by atoms with Crippen molar-refractivity contribution < 1.29 is 0 Å². The second-order valence-corrected chi connectivity index (χ2v) is 10.2. The van der Waals surface area contributed by atoms with Gasteiger partial charge >= 0.3 is 0 Å². The van der Waals surface area contributed by atoms with Gasteiger partial charge in [-0.15, -0.1) is 11.3 Å². The number of benzene rings is 4. The molecular formula is C32H23N3S. The van der Waals surface area contributed by atoms with Gasteiger partial charge in [-0.1, -0.05) is 60.7 Å². The van der Waals surface area contributed by atoms with Crippen LogP contribution in [0.5, 0.6) is 0 Å². The van der Waals surface area contributed by atoms with E-state index in [1.807, 2.05) is 6.07 Å². The first kappa shape index (κ1) is 21.0. The standard InChI is InChI=1S/C32H23N3S/c1-20-10-8-11-21(2)29(20)27-19-18-24-23-14-9-15-25(30(23)36-32(24)34-27)31-33-26-16-6-7-17-28(26)35(31)22-12-4-3-5-13-22/h3-19H,1-2H3. The molecule has 3 aromatic heterocycles. The zero-order chi connectivity index (χ0) is 24.2. The lowest BCUT2D eigenvalue weighted by Gasteiger charge is -2.10. The van der Waals surface area contributed by atoms with E-state index < -0.39 is 0 Å². The van der Waals surface area contributed by atoms with Gasteiger partial charge in [-0.2, -0.15) is 0 Å². The van der Waals surface area contributed by atoms with Gasteiger partial charge in [-0.25, -0.2) is 9.97 Å². The summed E-state index contributed by atoms with van der Waals surface area (Å²) in [7, 11) is 0. The SMILES string of the molecule is Cc1cccc(C)c1-c1ccc2c(n1)sc1c(-c3nc4ccccc4n3-c3ccccc3)cccc12. The molecule has 0 atom stereocenters. The maximum absolute atomic E-state index is 5.15. The number of imidazole rings is 1. The highest BCUT2D eigenvalue weighted by Gasteiger charge is 2.19. The first-order valence-corrected chi connectivity index (χ1v) is 12.9. The van der Waals surface area contributed by atoms with Crippen molar-refractivity contribution in [2.24, 2.45) is 0 Å². The van der Waals surface area contributed by atoms with Gasteiger partial charge < -0.3 is 0 Å². The molecule has 0 amide bonds. The second-order valence-electron chi connectivity index (χ2n) is 9.20. The number of nitrogens with zero attached hydrogens (tertiary/aromatic N) is 3. The average Bonchev–Trinajstić information content (AvgIpc) is 3.47. The Hall–Kier alpha value is -4.28. The fraction of sp³-hybridized carbons (Fsp3) is 0.0625. The Kier molecular flexibility index (Phi) is 4.76. The topological polar surface area (TPSA) is 30.7 Å². The molecule has 4 heteroatoms. The van der Waals surface area contributed by atoms with Gasteiger partial charge in [-0.05, 0) is 67.4 Å². The lowest BCUT2D eigenvalue weighted by atomic mass is 9.99. The summed E-state index contributed by atoms with van der Waals surface area (Å²) in [4.78, 5) is 11.3. The molecule has 0 unspecified atom stereocenters. The third-order valence-corrected chi connectivity index (χ3v) is 8.07. The summed E-state index contributed by atoms with van der Waals surface area (Å²) in [6.45, 7) is 4.32. The molecule has 0 saturated heterocycles. The lowest BCUT2D eigenvalue weighted by Crippen LogP contribution is -1.97. The van der Waals surface area contributed by atoms with Crippen molar-refractivity contribution in [1.82, 2.24) is 14.5 Å². The van der Waals surface area contributed by atoms with Crippen molar-refractivity contribution in [3.8, 4) is 28.3 Å². The Morgan fingerprint density at radius 1 is 0.639 bits per heavy atom. The lowest BCUT2D eigenvalue weighted by molar-refractivity contribution is 1.11. The summed E-state index contributed by atoms with van der Waals surface area (Å²) in [5, 5.41) is 2.41. The van der Waals surface area contributed by atoms with Gasteiger partial charge in [0.2, 0.25) is 0 Å². The summed E-state index contributed by atoms with van der Waals surface area (Å²) in [6.07, 6.45) is 0. The predicted molar refractivity (Wildman–Crippen MR) is 152 cm³/mol. The minimum absolute atomic E-state index is 0.953. The Balaban J connectivity index is 1.50. The van der Waals surface area contributed by atoms with Gasteiger partial charge in [-0.3, -0.25) is 4.57 Å². The van der Waals surface area contributed by atoms with Crippen LogP contribution in [0.1, 0.15) is 11.1 Å². The van der Waals surface area contributed by atoms with Gasteiger partial charge in [0.25, 0.3) is 0 Å². The fourth-order valence-electron chi connectivity index (χ4n) is 5.26. The molecule has 0 aliphatic carbocycles. The first-order chi connectivity index (χ1) is 17.7. The van der Waals surface area contributed by atoms with Gasteiger partial charge in [0.15, 0.2) is 0 Å². The van der Waals surface area contributed by atoms with Crippen LogP contribution in [-0.4, -0.2) is 14.5 Å². The molecule has 172 valence electrons. The summed E-state index contributed by atoms with van der Waals surface area (Å²) >= 11 is 1.75. The van der Waals surface area contributed by atoms with Gasteiger partial charge in [0.05, 0.1) is 16.7 Å². The molecule has 0 radical (unpaired) electrons. The molecule has 7 rings (SSSR count). The number of hydrogen-bond donors (Lipinski definition) is 0. The van der Waals surface area contributed by atoms with Crippen LogP contribution in [0.3, 0.4) is 0 Å². The number of aryl methyl sites for hydroxylation is 2. The average molecular weight is 482 g/mol. The third-order valence-electron chi connectivity index (χ3n) is 6.92. The maximum Gasteiger partial charge on any atom is 0.147 e. The van der Waals surface area contributed by atoms with Crippen LogP contribution < -0.4 is 0 Å². The van der Waals surface area contributed by atoms with Crippen molar-refractivity contribution in [2.45, 2.75) is 13.8 Å². The molecule has 3 nitrogen and oxygen atoms in total. The van der Waals surface area contributed by atoms with E-state index in [4.69, 9.17) is 9.97 Å². The first-order valence-electron chi connectivity index (χ1n) is 12.1. The largest absolute Gasteiger partial charge is 0.292 e. The molecule has 0 N–H and O–H groups in total. The second kappa shape index (κ2) is 8.14. The fourth-order valence-corrected chi connectivity index (χ4v) is 6.44. The molecule has 0 spiro atoms. The molecule has 0 aliphatic heterocycles. The Labute approximate surface area is 213 Å². The number of aromatic nitrogens is 3. The summed E-state index contributed by atoms with van der Waals surface area (Å²) < 4.78 is 3.48. The molecule has 0 bridgehead atoms. The zero-order valence-electron chi connectivity index (χ0n) is 20.1. The Bertz CT molecular complexity index is 1890. The normalized spacial score (nSPS) is 11.6. The summed E-state index contributed by atoms with van der Waals surface area (Å²) in [5.74, 6) is 0.953. The highest BCUT2D eigenvalue weighted by Crippen LogP contribution is 2.41. The Morgan fingerprint density at radius 2 is 1.39 bits per heavy atom. The van der Waals surface area contributed by atoms with Crippen molar-refractivity contribution >= 4 is 42.7 Å². The Morgan fingerprint density at radius 3 is 2.22 bits per heavy atom. The maximum atomic E-state index is 5.15. The smallest absolute Gasteiger partial charge is 0.147 e. The quantitative estimate of drug-likeness (QED) is 0.253. The minimum Gasteiger partial charge on any atom is -0.292 e. The van der Waals surface area contributed by atoms with E-state index in [0.717, 1.165) is 38.6 Å². The van der Waals surface area contributed by atoms with Crippen molar-refractivity contribution in [3.05, 3.63) is 114 Å². The molecular weight excluding hydrogens is 458 g/mol. The van der Waals surface area contributed by atoms with Gasteiger partial charge in [0.1, 0.15) is 10.7 Å². The minimum atomic E-state index is 0.953. The molecule has 0 fully saturated rings. The molecule has 4 aromatic carbocycles. The predicted octanol–water partition coefficient (Wildman–Crippen LogP) is 8.74. The zero-order valence-corrected chi connectivity index (χ0v) is 20.9. The van der Waals surface area contributed by atoms with Crippen LogP contribution in [0.4, 0.5) is 0 Å². The van der Waals surface area contributed by atoms with E-state index in [1.165, 1.54) is 32.2 Å². The van der Waals surface area contributed by atoms with Crippen LogP contribution >= 0.6 is 11.3 Å². The van der Waals surface area contributed by atoms with E-state index in [2.05, 4.69) is 115 Å². The van der Waals surface area contributed by atoms with Crippen LogP contribution in [0.2, 0.25) is 0 Å². The number of hydrogen-bond acceptors (Lipinski definition) is 3. The number of pyridine rings is 1. The van der Waals surface area contributed by atoms with Gasteiger partial charge in [0, 0.05) is 32.3 Å².